The number of carbonyl (C=O) groups is 2. The van der Waals surface area contributed by atoms with Crippen LogP contribution in [0.5, 0.6) is 0 Å². The predicted molar refractivity (Wildman–Crippen MR) is 104 cm³/mol. The molecule has 2 heterocycles. The molecule has 8 heteroatoms. The number of rotatable bonds is 6. The summed E-state index contributed by atoms with van der Waals surface area (Å²) in [5, 5.41) is 13.2. The molecule has 0 unspecified atom stereocenters. The Hall–Kier alpha value is -2.97. The first-order valence-corrected chi connectivity index (χ1v) is 9.05. The Labute approximate surface area is 159 Å². The Morgan fingerprint density at radius 3 is 2.78 bits per heavy atom. The van der Waals surface area contributed by atoms with Crippen LogP contribution in [0.4, 0.5) is 0 Å². The van der Waals surface area contributed by atoms with Gasteiger partial charge in [-0.3, -0.25) is 9.59 Å². The van der Waals surface area contributed by atoms with Gasteiger partial charge in [-0.2, -0.15) is 0 Å². The Balaban J connectivity index is 1.93. The third kappa shape index (κ3) is 4.07. The maximum absolute atomic E-state index is 12.6. The number of aryl methyl sites for hydroxylation is 2. The highest BCUT2D eigenvalue weighted by Gasteiger charge is 2.23. The molecule has 1 aromatic carbocycles. The van der Waals surface area contributed by atoms with Crippen molar-refractivity contribution >= 4 is 46.3 Å². The van der Waals surface area contributed by atoms with Crippen LogP contribution in [0.3, 0.4) is 0 Å². The van der Waals surface area contributed by atoms with Crippen molar-refractivity contribution in [1.82, 2.24) is 10.3 Å². The van der Waals surface area contributed by atoms with Crippen molar-refractivity contribution in [3.8, 4) is 0 Å². The standard InChI is InChI=1S/C19H19N3O4S/c1-10-17(19(25)22-15(9-23)18(20)24)14-7-12(4-6-16(14)26-10)3-5-13-8-21-11(2)27-13/h3-8,15,23H,9H2,1-2H3,(H2,20,24)(H,22,25)/b5-3+/t15-/m0/s1. The van der Waals surface area contributed by atoms with Crippen molar-refractivity contribution < 1.29 is 19.1 Å². The molecule has 3 aromatic rings. The van der Waals surface area contributed by atoms with E-state index in [-0.39, 0.29) is 0 Å². The number of nitrogens with two attached hydrogens (primary N) is 1. The topological polar surface area (TPSA) is 118 Å². The van der Waals surface area contributed by atoms with Crippen LogP contribution in [0, 0.1) is 13.8 Å². The third-order valence-corrected chi connectivity index (χ3v) is 4.90. The smallest absolute Gasteiger partial charge is 0.256 e. The summed E-state index contributed by atoms with van der Waals surface area (Å²) in [6, 6.07) is 4.36. The molecule has 2 aromatic heterocycles. The van der Waals surface area contributed by atoms with Gasteiger partial charge >= 0.3 is 0 Å². The number of benzene rings is 1. The molecule has 0 radical (unpaired) electrons. The quantitative estimate of drug-likeness (QED) is 0.601. The number of furan rings is 1. The highest BCUT2D eigenvalue weighted by Crippen LogP contribution is 2.27. The van der Waals surface area contributed by atoms with Crippen LogP contribution in [0.1, 0.15) is 31.6 Å². The number of hydrogen-bond acceptors (Lipinski definition) is 6. The van der Waals surface area contributed by atoms with Gasteiger partial charge in [-0.1, -0.05) is 12.1 Å². The van der Waals surface area contributed by atoms with E-state index in [1.54, 1.807) is 30.5 Å². The van der Waals surface area contributed by atoms with Crippen molar-refractivity contribution in [1.29, 1.82) is 0 Å². The number of aliphatic hydroxyl groups is 1. The van der Waals surface area contributed by atoms with Gasteiger partial charge in [0.05, 0.1) is 17.2 Å². The first-order valence-electron chi connectivity index (χ1n) is 8.23. The summed E-state index contributed by atoms with van der Waals surface area (Å²) in [6.45, 7) is 3.04. The Morgan fingerprint density at radius 2 is 2.15 bits per heavy atom. The molecule has 27 heavy (non-hydrogen) atoms. The molecule has 0 aliphatic heterocycles. The van der Waals surface area contributed by atoms with Crippen LogP contribution in [0.15, 0.2) is 28.8 Å². The van der Waals surface area contributed by atoms with Crippen LogP contribution in [0.25, 0.3) is 23.1 Å². The van der Waals surface area contributed by atoms with Gasteiger partial charge in [0, 0.05) is 16.5 Å². The highest BCUT2D eigenvalue weighted by molar-refractivity contribution is 7.12. The average molecular weight is 385 g/mol. The van der Waals surface area contributed by atoms with E-state index in [4.69, 9.17) is 10.2 Å². The molecule has 3 rings (SSSR count). The maximum atomic E-state index is 12.6. The molecule has 0 fully saturated rings. The van der Waals surface area contributed by atoms with Gasteiger partial charge in [0.2, 0.25) is 5.91 Å². The number of nitrogens with zero attached hydrogens (tertiary/aromatic N) is 1. The number of carbonyl (C=O) groups excluding carboxylic acids is 2. The molecule has 0 spiro atoms. The van der Waals surface area contributed by atoms with E-state index in [9.17, 15) is 14.7 Å². The largest absolute Gasteiger partial charge is 0.461 e. The minimum absolute atomic E-state index is 0.314. The monoisotopic (exact) mass is 385 g/mol. The van der Waals surface area contributed by atoms with E-state index in [2.05, 4.69) is 10.3 Å². The fourth-order valence-electron chi connectivity index (χ4n) is 2.69. The predicted octanol–water partition coefficient (Wildman–Crippen LogP) is 2.25. The van der Waals surface area contributed by atoms with Crippen molar-refractivity contribution in [2.24, 2.45) is 5.73 Å². The van der Waals surface area contributed by atoms with Gasteiger partial charge in [0.1, 0.15) is 17.4 Å². The normalized spacial score (nSPS) is 12.6. The maximum Gasteiger partial charge on any atom is 0.256 e. The molecular formula is C19H19N3O4S. The summed E-state index contributed by atoms with van der Waals surface area (Å²) in [5.41, 5.74) is 6.93. The third-order valence-electron chi connectivity index (χ3n) is 4.03. The number of nitrogens with one attached hydrogen (secondary N) is 1. The molecule has 7 nitrogen and oxygen atoms in total. The zero-order valence-corrected chi connectivity index (χ0v) is 15.7. The summed E-state index contributed by atoms with van der Waals surface area (Å²) in [7, 11) is 0. The van der Waals surface area contributed by atoms with Gasteiger partial charge in [0.25, 0.3) is 5.91 Å². The molecule has 4 N–H and O–H groups in total. The molecule has 0 saturated heterocycles. The van der Waals surface area contributed by atoms with Gasteiger partial charge in [-0.15, -0.1) is 11.3 Å². The molecular weight excluding hydrogens is 366 g/mol. The number of thiazole rings is 1. The van der Waals surface area contributed by atoms with E-state index >= 15 is 0 Å². The van der Waals surface area contributed by atoms with Crippen molar-refractivity contribution in [2.45, 2.75) is 19.9 Å². The first-order chi connectivity index (χ1) is 12.9. The van der Waals surface area contributed by atoms with Crippen molar-refractivity contribution in [3.63, 3.8) is 0 Å². The lowest BCUT2D eigenvalue weighted by atomic mass is 10.1. The van der Waals surface area contributed by atoms with Gasteiger partial charge in [0.15, 0.2) is 0 Å². The number of primary amides is 1. The average Bonchev–Trinajstić information content (AvgIpc) is 3.19. The Morgan fingerprint density at radius 1 is 1.37 bits per heavy atom. The minimum Gasteiger partial charge on any atom is -0.461 e. The summed E-state index contributed by atoms with van der Waals surface area (Å²) >= 11 is 1.59. The van der Waals surface area contributed by atoms with Crippen LogP contribution in [0.2, 0.25) is 0 Å². The fraction of sp³-hybridized carbons (Fsp3) is 0.211. The zero-order chi connectivity index (χ0) is 19.6. The first kappa shape index (κ1) is 18.8. The Kier molecular flexibility index (Phi) is 5.38. The van der Waals surface area contributed by atoms with Crippen LogP contribution < -0.4 is 11.1 Å². The molecule has 0 aliphatic carbocycles. The number of hydrogen-bond donors (Lipinski definition) is 3. The van der Waals surface area contributed by atoms with Crippen LogP contribution in [-0.2, 0) is 4.79 Å². The van der Waals surface area contributed by atoms with Crippen LogP contribution in [-0.4, -0.2) is 34.6 Å². The lowest BCUT2D eigenvalue weighted by molar-refractivity contribution is -0.120. The fourth-order valence-corrected chi connectivity index (χ4v) is 3.38. The molecule has 0 saturated carbocycles. The second-order valence-electron chi connectivity index (χ2n) is 6.01. The lowest BCUT2D eigenvalue weighted by Crippen LogP contribution is -2.46. The molecule has 140 valence electrons. The van der Waals surface area contributed by atoms with Gasteiger partial charge < -0.3 is 20.6 Å². The number of fused-ring (bicyclic) bond motifs is 1. The van der Waals surface area contributed by atoms with Crippen molar-refractivity contribution in [2.75, 3.05) is 6.61 Å². The molecule has 1 atom stereocenters. The van der Waals surface area contributed by atoms with Crippen LogP contribution >= 0.6 is 11.3 Å². The lowest BCUT2D eigenvalue weighted by Gasteiger charge is -2.12. The van der Waals surface area contributed by atoms with E-state index in [0.717, 1.165) is 15.4 Å². The minimum atomic E-state index is -1.15. The zero-order valence-electron chi connectivity index (χ0n) is 14.9. The molecule has 2 amide bonds. The molecule has 0 bridgehead atoms. The van der Waals surface area contributed by atoms with E-state index in [1.165, 1.54) is 0 Å². The number of amides is 2. The van der Waals surface area contributed by atoms with Gasteiger partial charge in [-0.05, 0) is 37.6 Å². The summed E-state index contributed by atoms with van der Waals surface area (Å²) in [4.78, 5) is 29.1. The Bertz CT molecular complexity index is 1030. The number of aromatic nitrogens is 1. The number of aliphatic hydroxyl groups excluding tert-OH is 1. The highest BCUT2D eigenvalue weighted by atomic mass is 32.1. The van der Waals surface area contributed by atoms with E-state index in [0.29, 0.717) is 22.3 Å². The van der Waals surface area contributed by atoms with E-state index < -0.39 is 24.5 Å². The summed E-state index contributed by atoms with van der Waals surface area (Å²) < 4.78 is 5.65. The van der Waals surface area contributed by atoms with Gasteiger partial charge in [-0.25, -0.2) is 4.98 Å². The molecule has 0 aliphatic rings. The second-order valence-corrected chi connectivity index (χ2v) is 7.28. The summed E-state index contributed by atoms with van der Waals surface area (Å²) in [6.07, 6.45) is 5.68. The summed E-state index contributed by atoms with van der Waals surface area (Å²) in [5.74, 6) is -0.911. The SMILES string of the molecule is Cc1ncc(/C=C/c2ccc3oc(C)c(C(=O)N[C@@H](CO)C(N)=O)c3c2)s1. The second kappa shape index (κ2) is 7.73. The van der Waals surface area contributed by atoms with E-state index in [1.807, 2.05) is 31.2 Å². The van der Waals surface area contributed by atoms with Crippen molar-refractivity contribution in [3.05, 3.63) is 51.2 Å².